The maximum atomic E-state index is 6.93. The molecule has 0 aliphatic carbocycles. The topological polar surface area (TPSA) is 51.8 Å². The number of benzene rings is 8. The first-order valence-electron chi connectivity index (χ1n) is 18.7. The monoisotopic (exact) mass is 733 g/mol. The van der Waals surface area contributed by atoms with Crippen LogP contribution in [0, 0.1) is 0 Å². The van der Waals surface area contributed by atoms with Crippen LogP contribution in [0.2, 0.25) is 0 Å². The molecule has 0 saturated carbocycles. The molecule has 0 aliphatic heterocycles. The number of hydrogen-bond donors (Lipinski definition) is 0. The van der Waals surface area contributed by atoms with E-state index >= 15 is 0 Å². The van der Waals surface area contributed by atoms with Crippen LogP contribution >= 0.6 is 11.3 Å². The Morgan fingerprint density at radius 3 is 1.48 bits per heavy atom. The molecule has 4 nitrogen and oxygen atoms in total. The van der Waals surface area contributed by atoms with Gasteiger partial charge in [0.25, 0.3) is 0 Å². The molecule has 3 heterocycles. The lowest BCUT2D eigenvalue weighted by Gasteiger charge is -2.09. The van der Waals surface area contributed by atoms with Gasteiger partial charge in [0.2, 0.25) is 0 Å². The maximum absolute atomic E-state index is 6.93. The first kappa shape index (κ1) is 32.2. The summed E-state index contributed by atoms with van der Waals surface area (Å²) < 4.78 is 9.47. The molecular formula is C51H31N3OS. The Morgan fingerprint density at radius 1 is 0.304 bits per heavy atom. The highest BCUT2D eigenvalue weighted by Crippen LogP contribution is 2.43. The van der Waals surface area contributed by atoms with Gasteiger partial charge >= 0.3 is 0 Å². The van der Waals surface area contributed by atoms with Crippen LogP contribution in [0.4, 0.5) is 0 Å². The first-order valence-corrected chi connectivity index (χ1v) is 19.5. The van der Waals surface area contributed by atoms with Gasteiger partial charge in [0.15, 0.2) is 17.5 Å². The third-order valence-corrected chi connectivity index (χ3v) is 11.7. The number of aromatic nitrogens is 3. The van der Waals surface area contributed by atoms with Gasteiger partial charge in [-0.25, -0.2) is 15.0 Å². The van der Waals surface area contributed by atoms with Crippen LogP contribution < -0.4 is 0 Å². The van der Waals surface area contributed by atoms with Gasteiger partial charge in [-0.2, -0.15) is 0 Å². The van der Waals surface area contributed by atoms with Crippen molar-refractivity contribution in [2.24, 2.45) is 0 Å². The minimum Gasteiger partial charge on any atom is -0.455 e. The molecule has 0 unspecified atom stereocenters. The fraction of sp³-hybridized carbons (Fsp3) is 0. The van der Waals surface area contributed by atoms with E-state index < -0.39 is 0 Å². The highest BCUT2D eigenvalue weighted by Gasteiger charge is 2.20. The standard InChI is InChI=1S/C51H31N3OS/c1-4-12-32(13-5-1)34-22-24-36(25-23-34)50-52-49(35-16-8-3-9-17-35)53-51(54-50)43-21-11-20-42-41-19-10-18-39(47(41)55-48(42)43)38-27-29-45-44(30-38)40-28-26-37(31-46(40)56-45)33-14-6-2-7-15-33/h1-31H. The lowest BCUT2D eigenvalue weighted by atomic mass is 9.99. The smallest absolute Gasteiger partial charge is 0.167 e. The zero-order chi connectivity index (χ0) is 37.0. The molecule has 11 rings (SSSR count). The quantitative estimate of drug-likeness (QED) is 0.171. The normalized spacial score (nSPS) is 11.6. The summed E-state index contributed by atoms with van der Waals surface area (Å²) in [5.74, 6) is 1.78. The predicted molar refractivity (Wildman–Crippen MR) is 233 cm³/mol. The summed E-state index contributed by atoms with van der Waals surface area (Å²) in [5.41, 5.74) is 11.2. The third kappa shape index (κ3) is 5.56. The van der Waals surface area contributed by atoms with Crippen molar-refractivity contribution in [2.45, 2.75) is 0 Å². The van der Waals surface area contributed by atoms with Crippen molar-refractivity contribution in [3.63, 3.8) is 0 Å². The maximum Gasteiger partial charge on any atom is 0.167 e. The van der Waals surface area contributed by atoms with Crippen LogP contribution in [0.25, 0.3) is 110 Å². The largest absolute Gasteiger partial charge is 0.455 e. The lowest BCUT2D eigenvalue weighted by Crippen LogP contribution is -2.00. The number of para-hydroxylation sites is 2. The van der Waals surface area contributed by atoms with Crippen molar-refractivity contribution in [2.75, 3.05) is 0 Å². The fourth-order valence-corrected chi connectivity index (χ4v) is 8.89. The Bertz CT molecular complexity index is 3230. The average Bonchev–Trinajstić information content (AvgIpc) is 3.85. The molecule has 5 heteroatoms. The minimum atomic E-state index is 0.563. The van der Waals surface area contributed by atoms with Gasteiger partial charge in [-0.1, -0.05) is 164 Å². The molecule has 0 bridgehead atoms. The molecule has 56 heavy (non-hydrogen) atoms. The zero-order valence-corrected chi connectivity index (χ0v) is 30.9. The van der Waals surface area contributed by atoms with E-state index in [2.05, 4.69) is 146 Å². The highest BCUT2D eigenvalue weighted by molar-refractivity contribution is 7.25. The van der Waals surface area contributed by atoms with Crippen LogP contribution in [-0.2, 0) is 0 Å². The van der Waals surface area contributed by atoms with Crippen molar-refractivity contribution in [1.29, 1.82) is 0 Å². The van der Waals surface area contributed by atoms with Gasteiger partial charge in [0, 0.05) is 47.6 Å². The van der Waals surface area contributed by atoms with Crippen molar-refractivity contribution in [1.82, 2.24) is 15.0 Å². The van der Waals surface area contributed by atoms with E-state index in [0.717, 1.165) is 60.9 Å². The molecule has 0 radical (unpaired) electrons. The molecule has 0 aliphatic rings. The van der Waals surface area contributed by atoms with Gasteiger partial charge in [-0.3, -0.25) is 0 Å². The molecule has 0 saturated heterocycles. The molecular weight excluding hydrogens is 703 g/mol. The van der Waals surface area contributed by atoms with Gasteiger partial charge in [-0.05, 0) is 52.1 Å². The number of nitrogens with zero attached hydrogens (tertiary/aromatic N) is 3. The van der Waals surface area contributed by atoms with Crippen LogP contribution in [0.1, 0.15) is 0 Å². The van der Waals surface area contributed by atoms with Gasteiger partial charge in [-0.15, -0.1) is 11.3 Å². The van der Waals surface area contributed by atoms with Crippen LogP contribution in [-0.4, -0.2) is 15.0 Å². The Kier molecular flexibility index (Phi) is 7.64. The molecule has 0 atom stereocenters. The summed E-state index contributed by atoms with van der Waals surface area (Å²) >= 11 is 1.84. The summed E-state index contributed by atoms with van der Waals surface area (Å²) in [5, 5.41) is 4.58. The van der Waals surface area contributed by atoms with Gasteiger partial charge in [0.1, 0.15) is 11.2 Å². The van der Waals surface area contributed by atoms with E-state index in [-0.39, 0.29) is 0 Å². The number of thiophene rings is 1. The summed E-state index contributed by atoms with van der Waals surface area (Å²) in [6, 6.07) is 65.7. The average molecular weight is 734 g/mol. The van der Waals surface area contributed by atoms with Crippen molar-refractivity contribution in [3.8, 4) is 67.5 Å². The van der Waals surface area contributed by atoms with E-state index in [1.54, 1.807) is 0 Å². The molecule has 0 spiro atoms. The second kappa shape index (κ2) is 13.3. The second-order valence-electron chi connectivity index (χ2n) is 14.0. The highest BCUT2D eigenvalue weighted by atomic mass is 32.1. The molecule has 0 N–H and O–H groups in total. The van der Waals surface area contributed by atoms with E-state index in [1.807, 2.05) is 53.8 Å². The Balaban J connectivity index is 1.04. The fourth-order valence-electron chi connectivity index (χ4n) is 7.76. The first-order chi connectivity index (χ1) is 27.7. The third-order valence-electron chi connectivity index (χ3n) is 10.6. The lowest BCUT2D eigenvalue weighted by molar-refractivity contribution is 0.670. The zero-order valence-electron chi connectivity index (χ0n) is 30.1. The van der Waals surface area contributed by atoms with E-state index in [1.165, 1.54) is 31.3 Å². The Morgan fingerprint density at radius 2 is 0.804 bits per heavy atom. The van der Waals surface area contributed by atoms with Gasteiger partial charge in [0.05, 0.1) is 5.56 Å². The van der Waals surface area contributed by atoms with E-state index in [4.69, 9.17) is 19.4 Å². The number of furan rings is 1. The predicted octanol–water partition coefficient (Wildman–Crippen LogP) is 14.1. The number of hydrogen-bond acceptors (Lipinski definition) is 5. The van der Waals surface area contributed by atoms with Gasteiger partial charge < -0.3 is 4.42 Å². The summed E-state index contributed by atoms with van der Waals surface area (Å²) in [4.78, 5) is 15.2. The minimum absolute atomic E-state index is 0.563. The van der Waals surface area contributed by atoms with Crippen molar-refractivity contribution in [3.05, 3.63) is 188 Å². The molecule has 3 aromatic heterocycles. The number of fused-ring (bicyclic) bond motifs is 6. The summed E-state index contributed by atoms with van der Waals surface area (Å²) in [6.07, 6.45) is 0. The molecule has 262 valence electrons. The molecule has 8 aromatic carbocycles. The van der Waals surface area contributed by atoms with Crippen LogP contribution in [0.3, 0.4) is 0 Å². The Hall–Kier alpha value is -7.21. The van der Waals surface area contributed by atoms with Crippen LogP contribution in [0.15, 0.2) is 192 Å². The molecule has 0 fully saturated rings. The van der Waals surface area contributed by atoms with E-state index in [0.29, 0.717) is 17.5 Å². The van der Waals surface area contributed by atoms with Crippen molar-refractivity contribution < 1.29 is 4.42 Å². The number of rotatable bonds is 6. The molecule has 11 aromatic rings. The van der Waals surface area contributed by atoms with E-state index in [9.17, 15) is 0 Å². The summed E-state index contributed by atoms with van der Waals surface area (Å²) in [6.45, 7) is 0. The van der Waals surface area contributed by atoms with Crippen molar-refractivity contribution >= 4 is 53.4 Å². The molecule has 0 amide bonds. The SMILES string of the molecule is c1ccc(-c2ccc(-c3nc(-c4ccccc4)nc(-c4cccc5c4oc4c(-c6ccc7sc8cc(-c9ccccc9)ccc8c7c6)cccc45)n3)cc2)cc1. The van der Waals surface area contributed by atoms with Crippen LogP contribution in [0.5, 0.6) is 0 Å². The summed E-state index contributed by atoms with van der Waals surface area (Å²) in [7, 11) is 0. The Labute approximate surface area is 327 Å². The second-order valence-corrected chi connectivity index (χ2v) is 15.1.